The maximum absolute atomic E-state index is 11.3. The third-order valence-corrected chi connectivity index (χ3v) is 1.96. The first kappa shape index (κ1) is 11.3. The molecule has 0 bridgehead atoms. The number of amides is 3. The maximum atomic E-state index is 11.3. The highest BCUT2D eigenvalue weighted by Gasteiger charge is 2.29. The zero-order valence-electron chi connectivity index (χ0n) is 8.36. The van der Waals surface area contributed by atoms with E-state index in [0.717, 1.165) is 0 Å². The molecule has 84 valence electrons. The number of hydrogen-bond donors (Lipinski definition) is 2. The number of nitrogens with zero attached hydrogens (tertiary/aromatic N) is 1. The predicted molar refractivity (Wildman–Crippen MR) is 49.7 cm³/mol. The maximum Gasteiger partial charge on any atom is 0.404 e. The van der Waals surface area contributed by atoms with Crippen molar-refractivity contribution in [3.05, 3.63) is 0 Å². The van der Waals surface area contributed by atoms with Gasteiger partial charge in [-0.3, -0.25) is 9.59 Å². The van der Waals surface area contributed by atoms with Crippen LogP contribution in [-0.2, 0) is 14.3 Å². The Morgan fingerprint density at radius 2 is 2.33 bits per heavy atom. The summed E-state index contributed by atoms with van der Waals surface area (Å²) in [4.78, 5) is 34.0. The third kappa shape index (κ3) is 3.12. The molecule has 7 nitrogen and oxygen atoms in total. The minimum atomic E-state index is -0.892. The van der Waals surface area contributed by atoms with Gasteiger partial charge in [0.15, 0.2) is 0 Å². The zero-order chi connectivity index (χ0) is 11.4. The fourth-order valence-corrected chi connectivity index (χ4v) is 1.34. The molecular formula is C8H13N3O4. The normalized spacial score (nSPS) is 21.1. The molecular weight excluding hydrogens is 202 g/mol. The molecule has 1 fully saturated rings. The van der Waals surface area contributed by atoms with Crippen LogP contribution in [0.2, 0.25) is 0 Å². The fraction of sp³-hybridized carbons (Fsp3) is 0.625. The Hall–Kier alpha value is -1.79. The number of piperazine rings is 1. The van der Waals surface area contributed by atoms with Crippen LogP contribution in [0.1, 0.15) is 6.92 Å². The first-order valence-corrected chi connectivity index (χ1v) is 4.52. The summed E-state index contributed by atoms with van der Waals surface area (Å²) in [5.74, 6) is -1.24. The Morgan fingerprint density at radius 1 is 1.67 bits per heavy atom. The highest BCUT2D eigenvalue weighted by molar-refractivity contribution is 6.35. The Balaban J connectivity index is 2.42. The molecule has 0 aromatic heterocycles. The summed E-state index contributed by atoms with van der Waals surface area (Å²) in [7, 11) is 0. The van der Waals surface area contributed by atoms with Gasteiger partial charge in [0.1, 0.15) is 6.61 Å². The lowest BCUT2D eigenvalue weighted by Gasteiger charge is -2.30. The number of hydrogen-bond acceptors (Lipinski definition) is 4. The molecule has 0 aromatic rings. The second-order valence-corrected chi connectivity index (χ2v) is 3.29. The summed E-state index contributed by atoms with van der Waals surface area (Å²) in [6.45, 7) is 2.37. The minimum absolute atomic E-state index is 0.00106. The topological polar surface area (TPSA) is 102 Å². The molecule has 1 saturated heterocycles. The molecule has 3 amide bonds. The Kier molecular flexibility index (Phi) is 3.48. The van der Waals surface area contributed by atoms with E-state index in [1.54, 1.807) is 6.92 Å². The van der Waals surface area contributed by atoms with Crippen molar-refractivity contribution < 1.29 is 19.1 Å². The third-order valence-electron chi connectivity index (χ3n) is 1.96. The van der Waals surface area contributed by atoms with Crippen LogP contribution in [-0.4, -0.2) is 48.5 Å². The first-order valence-electron chi connectivity index (χ1n) is 4.52. The molecule has 3 N–H and O–H groups in total. The van der Waals surface area contributed by atoms with Crippen molar-refractivity contribution in [1.82, 2.24) is 10.2 Å². The molecule has 0 saturated carbocycles. The minimum Gasteiger partial charge on any atom is -0.448 e. The van der Waals surface area contributed by atoms with E-state index in [4.69, 9.17) is 5.73 Å². The molecule has 15 heavy (non-hydrogen) atoms. The van der Waals surface area contributed by atoms with Gasteiger partial charge in [-0.15, -0.1) is 0 Å². The van der Waals surface area contributed by atoms with Crippen LogP contribution in [0.5, 0.6) is 0 Å². The van der Waals surface area contributed by atoms with E-state index in [1.165, 1.54) is 4.90 Å². The number of nitrogens with two attached hydrogens (primary N) is 1. The molecule has 0 aliphatic carbocycles. The van der Waals surface area contributed by atoms with Crippen molar-refractivity contribution in [3.63, 3.8) is 0 Å². The molecule has 0 spiro atoms. The van der Waals surface area contributed by atoms with E-state index in [1.807, 2.05) is 0 Å². The second-order valence-electron chi connectivity index (χ2n) is 3.29. The van der Waals surface area contributed by atoms with Gasteiger partial charge in [-0.05, 0) is 6.92 Å². The number of primary amides is 1. The lowest BCUT2D eigenvalue weighted by atomic mass is 10.2. The average molecular weight is 215 g/mol. The van der Waals surface area contributed by atoms with Gasteiger partial charge in [0.2, 0.25) is 0 Å². The fourth-order valence-electron chi connectivity index (χ4n) is 1.34. The van der Waals surface area contributed by atoms with E-state index in [2.05, 4.69) is 10.1 Å². The standard InChI is InChI=1S/C8H13N3O4/c1-5-4-11(2-3-15-8(9)14)7(13)6(12)10-5/h5H,2-4H2,1H3,(H2,9,14)(H,10,12). The van der Waals surface area contributed by atoms with Crippen molar-refractivity contribution in [3.8, 4) is 0 Å². The molecule has 1 rings (SSSR count). The van der Waals surface area contributed by atoms with Crippen molar-refractivity contribution in [2.75, 3.05) is 19.7 Å². The van der Waals surface area contributed by atoms with Crippen LogP contribution in [0.4, 0.5) is 4.79 Å². The summed E-state index contributed by atoms with van der Waals surface area (Å²) in [6, 6.07) is -0.0937. The highest BCUT2D eigenvalue weighted by atomic mass is 16.5. The number of ether oxygens (including phenoxy) is 1. The van der Waals surface area contributed by atoms with Gasteiger partial charge in [0.25, 0.3) is 0 Å². The highest BCUT2D eigenvalue weighted by Crippen LogP contribution is 2.00. The van der Waals surface area contributed by atoms with Gasteiger partial charge >= 0.3 is 17.9 Å². The Bertz CT molecular complexity index is 292. The van der Waals surface area contributed by atoms with Crippen LogP contribution >= 0.6 is 0 Å². The number of carbonyl (C=O) groups is 3. The van der Waals surface area contributed by atoms with Crippen LogP contribution in [0, 0.1) is 0 Å². The summed E-state index contributed by atoms with van der Waals surface area (Å²) in [5.41, 5.74) is 4.75. The van der Waals surface area contributed by atoms with Crippen molar-refractivity contribution >= 4 is 17.9 Å². The number of rotatable bonds is 3. The van der Waals surface area contributed by atoms with E-state index in [9.17, 15) is 14.4 Å². The molecule has 7 heteroatoms. The first-order chi connectivity index (χ1) is 7.00. The Labute approximate surface area is 86.5 Å². The van der Waals surface area contributed by atoms with Crippen LogP contribution < -0.4 is 11.1 Å². The Morgan fingerprint density at radius 3 is 2.93 bits per heavy atom. The molecule has 1 aliphatic heterocycles. The van der Waals surface area contributed by atoms with E-state index >= 15 is 0 Å². The van der Waals surface area contributed by atoms with Crippen LogP contribution in [0.15, 0.2) is 0 Å². The molecule has 1 atom stereocenters. The summed E-state index contributed by atoms with van der Waals surface area (Å²) < 4.78 is 4.48. The molecule has 1 aliphatic rings. The van der Waals surface area contributed by atoms with Gasteiger partial charge in [0.05, 0.1) is 6.54 Å². The van der Waals surface area contributed by atoms with Gasteiger partial charge in [-0.1, -0.05) is 0 Å². The van der Waals surface area contributed by atoms with E-state index < -0.39 is 17.9 Å². The van der Waals surface area contributed by atoms with Crippen LogP contribution in [0.25, 0.3) is 0 Å². The zero-order valence-corrected chi connectivity index (χ0v) is 8.36. The van der Waals surface area contributed by atoms with E-state index in [-0.39, 0.29) is 19.2 Å². The van der Waals surface area contributed by atoms with Gasteiger partial charge in [-0.25, -0.2) is 4.79 Å². The second kappa shape index (κ2) is 4.63. The predicted octanol–water partition coefficient (Wildman–Crippen LogP) is -1.57. The van der Waals surface area contributed by atoms with Crippen molar-refractivity contribution in [2.45, 2.75) is 13.0 Å². The number of carbonyl (C=O) groups excluding carboxylic acids is 3. The summed E-state index contributed by atoms with van der Waals surface area (Å²) in [6.07, 6.45) is -0.892. The molecule has 1 heterocycles. The van der Waals surface area contributed by atoms with Gasteiger partial charge in [-0.2, -0.15) is 0 Å². The van der Waals surface area contributed by atoms with Crippen LogP contribution in [0.3, 0.4) is 0 Å². The largest absolute Gasteiger partial charge is 0.448 e. The van der Waals surface area contributed by atoms with Gasteiger partial charge < -0.3 is 20.7 Å². The van der Waals surface area contributed by atoms with E-state index in [0.29, 0.717) is 6.54 Å². The van der Waals surface area contributed by atoms with Crippen molar-refractivity contribution in [2.24, 2.45) is 5.73 Å². The van der Waals surface area contributed by atoms with Gasteiger partial charge in [0, 0.05) is 12.6 Å². The monoisotopic (exact) mass is 215 g/mol. The molecule has 1 unspecified atom stereocenters. The smallest absolute Gasteiger partial charge is 0.404 e. The van der Waals surface area contributed by atoms with Crippen molar-refractivity contribution in [1.29, 1.82) is 0 Å². The lowest BCUT2D eigenvalue weighted by Crippen LogP contribution is -2.57. The molecule has 0 radical (unpaired) electrons. The average Bonchev–Trinajstić information content (AvgIpc) is 2.12. The SMILES string of the molecule is CC1CN(CCOC(N)=O)C(=O)C(=O)N1. The lowest BCUT2D eigenvalue weighted by molar-refractivity contribution is -0.149. The molecule has 0 aromatic carbocycles. The summed E-state index contributed by atoms with van der Waals surface area (Å²) in [5, 5.41) is 2.50. The number of nitrogens with one attached hydrogen (secondary N) is 1. The quantitative estimate of drug-likeness (QED) is 0.555. The summed E-state index contributed by atoms with van der Waals surface area (Å²) >= 11 is 0.